The van der Waals surface area contributed by atoms with E-state index in [4.69, 9.17) is 0 Å². The van der Waals surface area contributed by atoms with Crippen molar-refractivity contribution in [3.05, 3.63) is 41.5 Å². The van der Waals surface area contributed by atoms with Crippen molar-refractivity contribution in [1.82, 2.24) is 9.97 Å². The summed E-state index contributed by atoms with van der Waals surface area (Å²) in [6, 6.07) is 6.76. The van der Waals surface area contributed by atoms with Crippen LogP contribution in [0.4, 0.5) is 10.2 Å². The van der Waals surface area contributed by atoms with Gasteiger partial charge >= 0.3 is 0 Å². The molecule has 1 heterocycles. The summed E-state index contributed by atoms with van der Waals surface area (Å²) in [7, 11) is 0. The summed E-state index contributed by atoms with van der Waals surface area (Å²) >= 11 is 1.35. The molecule has 0 aliphatic heterocycles. The molecule has 0 radical (unpaired) electrons. The predicted molar refractivity (Wildman–Crippen MR) is 85.5 cm³/mol. The Morgan fingerprint density at radius 2 is 1.95 bits per heavy atom. The number of aromatic nitrogens is 2. The van der Waals surface area contributed by atoms with E-state index in [2.05, 4.69) is 22.2 Å². The molecule has 0 saturated heterocycles. The molecule has 2 rings (SSSR count). The summed E-state index contributed by atoms with van der Waals surface area (Å²) in [6.45, 7) is 6.97. The fourth-order valence-corrected chi connectivity index (χ4v) is 2.77. The maximum Gasteiger partial charge on any atom is 0.137 e. The smallest absolute Gasteiger partial charge is 0.137 e. The molecule has 0 amide bonds. The zero-order valence-electron chi connectivity index (χ0n) is 12.6. The van der Waals surface area contributed by atoms with Gasteiger partial charge in [-0.25, -0.2) is 14.4 Å². The van der Waals surface area contributed by atoms with Gasteiger partial charge in [0.2, 0.25) is 0 Å². The van der Waals surface area contributed by atoms with Crippen molar-refractivity contribution in [2.24, 2.45) is 0 Å². The van der Waals surface area contributed by atoms with Crippen LogP contribution in [0.5, 0.6) is 0 Å². The normalized spacial score (nSPS) is 10.7. The van der Waals surface area contributed by atoms with Crippen LogP contribution in [-0.2, 0) is 6.42 Å². The Morgan fingerprint density at radius 3 is 2.62 bits per heavy atom. The number of rotatable bonds is 6. The monoisotopic (exact) mass is 305 g/mol. The summed E-state index contributed by atoms with van der Waals surface area (Å²) in [5.74, 6) is 1.40. The van der Waals surface area contributed by atoms with E-state index in [1.165, 1.54) is 17.8 Å². The van der Waals surface area contributed by atoms with Crippen LogP contribution in [0.25, 0.3) is 0 Å². The molecule has 2 aromatic rings. The van der Waals surface area contributed by atoms with Crippen LogP contribution in [0, 0.1) is 12.7 Å². The van der Waals surface area contributed by atoms with Gasteiger partial charge in [0, 0.05) is 23.4 Å². The maximum atomic E-state index is 13.8. The highest BCUT2D eigenvalue weighted by molar-refractivity contribution is 7.99. The summed E-state index contributed by atoms with van der Waals surface area (Å²) in [4.78, 5) is 9.65. The van der Waals surface area contributed by atoms with Crippen LogP contribution in [0.3, 0.4) is 0 Å². The summed E-state index contributed by atoms with van der Waals surface area (Å²) < 4.78 is 13.8. The lowest BCUT2D eigenvalue weighted by molar-refractivity contribution is 0.602. The number of benzene rings is 1. The molecule has 1 aromatic carbocycles. The van der Waals surface area contributed by atoms with Crippen LogP contribution < -0.4 is 5.32 Å². The first kappa shape index (κ1) is 15.8. The minimum Gasteiger partial charge on any atom is -0.370 e. The molecule has 3 nitrogen and oxygen atoms in total. The number of halogens is 1. The van der Waals surface area contributed by atoms with E-state index in [1.807, 2.05) is 19.9 Å². The molecule has 112 valence electrons. The van der Waals surface area contributed by atoms with Gasteiger partial charge in [-0.3, -0.25) is 0 Å². The number of hydrogen-bond acceptors (Lipinski definition) is 4. The molecular formula is C16H20FN3S. The van der Waals surface area contributed by atoms with Crippen molar-refractivity contribution in [2.45, 2.75) is 43.5 Å². The highest BCUT2D eigenvalue weighted by atomic mass is 32.2. The van der Waals surface area contributed by atoms with Crippen molar-refractivity contribution >= 4 is 17.6 Å². The molecule has 21 heavy (non-hydrogen) atoms. The second-order valence-electron chi connectivity index (χ2n) is 4.73. The van der Waals surface area contributed by atoms with Gasteiger partial charge in [-0.2, -0.15) is 0 Å². The zero-order chi connectivity index (χ0) is 15.2. The van der Waals surface area contributed by atoms with E-state index in [0.717, 1.165) is 41.6 Å². The van der Waals surface area contributed by atoms with E-state index >= 15 is 0 Å². The lowest BCUT2D eigenvalue weighted by atomic mass is 10.3. The Hall–Kier alpha value is -1.62. The molecule has 0 fully saturated rings. The highest BCUT2D eigenvalue weighted by Crippen LogP contribution is 2.32. The molecule has 0 spiro atoms. The highest BCUT2D eigenvalue weighted by Gasteiger charge is 2.13. The molecule has 0 atom stereocenters. The van der Waals surface area contributed by atoms with E-state index in [0.29, 0.717) is 4.90 Å². The Labute approximate surface area is 129 Å². The lowest BCUT2D eigenvalue weighted by Crippen LogP contribution is -2.08. The second-order valence-corrected chi connectivity index (χ2v) is 5.76. The van der Waals surface area contributed by atoms with Gasteiger partial charge in [0.1, 0.15) is 22.5 Å². The van der Waals surface area contributed by atoms with Crippen molar-refractivity contribution < 1.29 is 4.39 Å². The zero-order valence-corrected chi connectivity index (χ0v) is 13.4. The van der Waals surface area contributed by atoms with Crippen molar-refractivity contribution in [3.63, 3.8) is 0 Å². The Kier molecular flexibility index (Phi) is 5.56. The Balaban J connectivity index is 2.35. The largest absolute Gasteiger partial charge is 0.370 e. The number of nitrogens with zero attached hydrogens (tertiary/aromatic N) is 2. The molecule has 0 aliphatic rings. The van der Waals surface area contributed by atoms with E-state index in [9.17, 15) is 4.39 Å². The van der Waals surface area contributed by atoms with Crippen molar-refractivity contribution in [3.8, 4) is 0 Å². The molecule has 0 unspecified atom stereocenters. The number of hydrogen-bond donors (Lipinski definition) is 1. The minimum atomic E-state index is -0.221. The van der Waals surface area contributed by atoms with Gasteiger partial charge < -0.3 is 5.32 Å². The van der Waals surface area contributed by atoms with Crippen molar-refractivity contribution in [1.29, 1.82) is 0 Å². The summed E-state index contributed by atoms with van der Waals surface area (Å²) in [5, 5.41) is 4.13. The number of anilines is 1. The first-order valence-electron chi connectivity index (χ1n) is 7.19. The van der Waals surface area contributed by atoms with Gasteiger partial charge in [-0.15, -0.1) is 0 Å². The van der Waals surface area contributed by atoms with Crippen LogP contribution >= 0.6 is 11.8 Å². The Bertz CT molecular complexity index is 616. The first-order valence-corrected chi connectivity index (χ1v) is 8.01. The van der Waals surface area contributed by atoms with Crippen LogP contribution in [0.2, 0.25) is 0 Å². The third-order valence-corrected chi connectivity index (χ3v) is 4.19. The average molecular weight is 305 g/mol. The quantitative estimate of drug-likeness (QED) is 0.800. The second kappa shape index (κ2) is 7.41. The lowest BCUT2D eigenvalue weighted by Gasteiger charge is -2.13. The van der Waals surface area contributed by atoms with E-state index in [1.54, 1.807) is 12.1 Å². The first-order chi connectivity index (χ1) is 10.2. The van der Waals surface area contributed by atoms with Gasteiger partial charge in [0.05, 0.1) is 0 Å². The van der Waals surface area contributed by atoms with Crippen molar-refractivity contribution in [2.75, 3.05) is 11.9 Å². The third kappa shape index (κ3) is 3.94. The standard InChI is InChI=1S/C16H20FN3S/c1-4-10-18-15-11(3)16(20-14(5-2)19-15)21-13-9-7-6-8-12(13)17/h6-9H,4-5,10H2,1-3H3,(H,18,19,20). The van der Waals surface area contributed by atoms with Crippen LogP contribution in [0.15, 0.2) is 34.2 Å². The SMILES string of the molecule is CCCNc1nc(CC)nc(Sc2ccccc2F)c1C. The van der Waals surface area contributed by atoms with Gasteiger partial charge in [0.25, 0.3) is 0 Å². The Morgan fingerprint density at radius 1 is 1.19 bits per heavy atom. The van der Waals surface area contributed by atoms with Gasteiger partial charge in [-0.05, 0) is 25.5 Å². The summed E-state index contributed by atoms with van der Waals surface area (Å²) in [5.41, 5.74) is 0.967. The van der Waals surface area contributed by atoms with Gasteiger partial charge in [0.15, 0.2) is 0 Å². The maximum absolute atomic E-state index is 13.8. The van der Waals surface area contributed by atoms with Gasteiger partial charge in [-0.1, -0.05) is 37.7 Å². The molecular weight excluding hydrogens is 285 g/mol. The molecule has 5 heteroatoms. The average Bonchev–Trinajstić information content (AvgIpc) is 2.50. The van der Waals surface area contributed by atoms with Crippen LogP contribution in [-0.4, -0.2) is 16.5 Å². The molecule has 1 N–H and O–H groups in total. The van der Waals surface area contributed by atoms with E-state index < -0.39 is 0 Å². The topological polar surface area (TPSA) is 37.8 Å². The van der Waals surface area contributed by atoms with Crippen LogP contribution in [0.1, 0.15) is 31.7 Å². The molecule has 0 saturated carbocycles. The van der Waals surface area contributed by atoms with E-state index in [-0.39, 0.29) is 5.82 Å². The fraction of sp³-hybridized carbons (Fsp3) is 0.375. The molecule has 0 bridgehead atoms. The molecule has 1 aromatic heterocycles. The number of aryl methyl sites for hydroxylation is 1. The summed E-state index contributed by atoms with van der Waals surface area (Å²) in [6.07, 6.45) is 1.78. The predicted octanol–water partition coefficient (Wildman–Crippen LogP) is 4.46. The minimum absolute atomic E-state index is 0.221. The fourth-order valence-electron chi connectivity index (χ4n) is 1.84. The third-order valence-electron chi connectivity index (χ3n) is 3.05. The number of nitrogens with one attached hydrogen (secondary N) is 1. The molecule has 0 aliphatic carbocycles.